The minimum Gasteiger partial charge on any atom is -0.271 e. The van der Waals surface area contributed by atoms with Gasteiger partial charge in [0.25, 0.3) is 0 Å². The first kappa shape index (κ1) is 14.7. The Morgan fingerprint density at radius 3 is 2.63 bits per heavy atom. The third kappa shape index (κ3) is 3.25. The molecule has 100 valence electrons. The lowest BCUT2D eigenvalue weighted by molar-refractivity contribution is 0.607. The molecule has 1 unspecified atom stereocenters. The number of hydrogen-bond acceptors (Lipinski definition) is 2. The van der Waals surface area contributed by atoms with Crippen molar-refractivity contribution in [2.24, 2.45) is 5.84 Å². The van der Waals surface area contributed by atoms with Gasteiger partial charge in [-0.3, -0.25) is 5.84 Å². The Kier molecular flexibility index (Phi) is 4.78. The Balaban J connectivity index is 2.49. The average molecular weight is 391 g/mol. The molecular formula is C14H13ClFIN2. The summed E-state index contributed by atoms with van der Waals surface area (Å²) in [6.07, 6.45) is 0. The molecule has 2 rings (SSSR count). The SMILES string of the molecule is Cc1cc(C(NN)c2cc(Cl)ccc2I)ccc1F. The van der Waals surface area contributed by atoms with Crippen molar-refractivity contribution < 1.29 is 4.39 Å². The maximum atomic E-state index is 13.3. The van der Waals surface area contributed by atoms with Crippen molar-refractivity contribution in [2.75, 3.05) is 0 Å². The number of hydrogen-bond donors (Lipinski definition) is 2. The first-order valence-electron chi connectivity index (χ1n) is 5.70. The normalized spacial score (nSPS) is 12.5. The van der Waals surface area contributed by atoms with E-state index in [4.69, 9.17) is 17.4 Å². The highest BCUT2D eigenvalue weighted by atomic mass is 127. The van der Waals surface area contributed by atoms with E-state index in [-0.39, 0.29) is 11.9 Å². The van der Waals surface area contributed by atoms with Gasteiger partial charge in [0.15, 0.2) is 0 Å². The van der Waals surface area contributed by atoms with Gasteiger partial charge in [0.1, 0.15) is 5.82 Å². The van der Waals surface area contributed by atoms with Gasteiger partial charge in [0, 0.05) is 8.59 Å². The molecule has 2 aromatic rings. The van der Waals surface area contributed by atoms with E-state index in [9.17, 15) is 4.39 Å². The lowest BCUT2D eigenvalue weighted by Crippen LogP contribution is -2.29. The van der Waals surface area contributed by atoms with Gasteiger partial charge in [-0.05, 0) is 70.5 Å². The van der Waals surface area contributed by atoms with Gasteiger partial charge in [-0.2, -0.15) is 0 Å². The van der Waals surface area contributed by atoms with Crippen LogP contribution in [0.15, 0.2) is 36.4 Å². The molecule has 2 aromatic carbocycles. The maximum absolute atomic E-state index is 13.3. The lowest BCUT2D eigenvalue weighted by Gasteiger charge is -2.19. The van der Waals surface area contributed by atoms with Crippen LogP contribution in [0, 0.1) is 16.3 Å². The molecule has 0 saturated heterocycles. The Bertz CT molecular complexity index is 604. The van der Waals surface area contributed by atoms with E-state index in [2.05, 4.69) is 28.0 Å². The van der Waals surface area contributed by atoms with Crippen LogP contribution in [0.2, 0.25) is 5.02 Å². The van der Waals surface area contributed by atoms with Gasteiger partial charge in [-0.15, -0.1) is 0 Å². The van der Waals surface area contributed by atoms with Crippen molar-refractivity contribution >= 4 is 34.2 Å². The molecule has 0 heterocycles. The van der Waals surface area contributed by atoms with E-state index in [1.165, 1.54) is 6.07 Å². The molecule has 0 aliphatic rings. The van der Waals surface area contributed by atoms with E-state index in [0.29, 0.717) is 10.6 Å². The third-order valence-corrected chi connectivity index (χ3v) is 4.17. The van der Waals surface area contributed by atoms with Crippen molar-refractivity contribution in [1.29, 1.82) is 0 Å². The van der Waals surface area contributed by atoms with Crippen molar-refractivity contribution in [3.8, 4) is 0 Å². The van der Waals surface area contributed by atoms with E-state index in [1.54, 1.807) is 19.1 Å². The van der Waals surface area contributed by atoms with Crippen LogP contribution in [0.25, 0.3) is 0 Å². The zero-order chi connectivity index (χ0) is 14.0. The van der Waals surface area contributed by atoms with Crippen LogP contribution in [0.4, 0.5) is 4.39 Å². The quantitative estimate of drug-likeness (QED) is 0.473. The molecule has 0 aliphatic heterocycles. The summed E-state index contributed by atoms with van der Waals surface area (Å²) in [6, 6.07) is 10.4. The number of nitrogens with one attached hydrogen (secondary N) is 1. The van der Waals surface area contributed by atoms with Gasteiger partial charge >= 0.3 is 0 Å². The van der Waals surface area contributed by atoms with E-state index < -0.39 is 0 Å². The highest BCUT2D eigenvalue weighted by molar-refractivity contribution is 14.1. The van der Waals surface area contributed by atoms with Gasteiger partial charge in [-0.25, -0.2) is 9.82 Å². The summed E-state index contributed by atoms with van der Waals surface area (Å²) >= 11 is 8.26. The number of halogens is 3. The number of rotatable bonds is 3. The fourth-order valence-corrected chi connectivity index (χ4v) is 2.78. The summed E-state index contributed by atoms with van der Waals surface area (Å²) in [6.45, 7) is 1.73. The third-order valence-electron chi connectivity index (χ3n) is 2.95. The average Bonchev–Trinajstić information content (AvgIpc) is 2.38. The molecule has 0 radical (unpaired) electrons. The Hall–Kier alpha value is -0.690. The first-order chi connectivity index (χ1) is 9.02. The zero-order valence-corrected chi connectivity index (χ0v) is 13.2. The lowest BCUT2D eigenvalue weighted by atomic mass is 9.98. The summed E-state index contributed by atoms with van der Waals surface area (Å²) in [5.41, 5.74) is 5.23. The van der Waals surface area contributed by atoms with Crippen LogP contribution in [0.5, 0.6) is 0 Å². The molecule has 5 heteroatoms. The van der Waals surface area contributed by atoms with Crippen LogP contribution < -0.4 is 11.3 Å². The molecule has 19 heavy (non-hydrogen) atoms. The summed E-state index contributed by atoms with van der Waals surface area (Å²) < 4.78 is 14.4. The molecule has 0 aromatic heterocycles. The molecule has 0 saturated carbocycles. The standard InChI is InChI=1S/C14H13ClFIN2/c1-8-6-9(2-4-12(8)16)14(19-18)11-7-10(15)3-5-13(11)17/h2-7,14,19H,18H2,1H3. The van der Waals surface area contributed by atoms with Crippen molar-refractivity contribution in [2.45, 2.75) is 13.0 Å². The molecule has 0 bridgehead atoms. The topological polar surface area (TPSA) is 38.0 Å². The second kappa shape index (κ2) is 6.17. The molecule has 0 fully saturated rings. The van der Waals surface area contributed by atoms with Crippen LogP contribution in [0.3, 0.4) is 0 Å². The molecule has 1 atom stereocenters. The molecule has 0 spiro atoms. The van der Waals surface area contributed by atoms with Crippen LogP contribution in [0.1, 0.15) is 22.7 Å². The minimum atomic E-state index is -0.222. The van der Waals surface area contributed by atoms with Crippen LogP contribution in [-0.4, -0.2) is 0 Å². The summed E-state index contributed by atoms with van der Waals surface area (Å²) in [7, 11) is 0. The van der Waals surface area contributed by atoms with Crippen LogP contribution >= 0.6 is 34.2 Å². The Morgan fingerprint density at radius 2 is 2.00 bits per heavy atom. The van der Waals surface area contributed by atoms with Gasteiger partial charge in [0.2, 0.25) is 0 Å². The molecule has 0 amide bonds. The Labute approximate surface area is 130 Å². The van der Waals surface area contributed by atoms with Crippen molar-refractivity contribution in [1.82, 2.24) is 5.43 Å². The predicted octanol–water partition coefficient (Wildman–Crippen LogP) is 3.94. The first-order valence-corrected chi connectivity index (χ1v) is 7.15. The monoisotopic (exact) mass is 390 g/mol. The second-order valence-corrected chi connectivity index (χ2v) is 5.87. The number of benzene rings is 2. The highest BCUT2D eigenvalue weighted by Gasteiger charge is 2.16. The number of nitrogens with two attached hydrogens (primary N) is 1. The molecule has 0 aliphatic carbocycles. The fourth-order valence-electron chi connectivity index (χ4n) is 1.95. The van der Waals surface area contributed by atoms with E-state index >= 15 is 0 Å². The van der Waals surface area contributed by atoms with E-state index in [0.717, 1.165) is 14.7 Å². The van der Waals surface area contributed by atoms with Crippen molar-refractivity contribution in [3.05, 3.63) is 67.5 Å². The summed E-state index contributed by atoms with van der Waals surface area (Å²) in [5.74, 6) is 5.43. The van der Waals surface area contributed by atoms with E-state index in [1.807, 2.05) is 18.2 Å². The number of hydrazine groups is 1. The van der Waals surface area contributed by atoms with Gasteiger partial charge < -0.3 is 0 Å². The predicted molar refractivity (Wildman–Crippen MR) is 84.5 cm³/mol. The summed E-state index contributed by atoms with van der Waals surface area (Å²) in [5, 5.41) is 0.648. The maximum Gasteiger partial charge on any atom is 0.126 e. The second-order valence-electron chi connectivity index (χ2n) is 4.27. The van der Waals surface area contributed by atoms with Gasteiger partial charge in [0.05, 0.1) is 6.04 Å². The minimum absolute atomic E-state index is 0.218. The highest BCUT2D eigenvalue weighted by Crippen LogP contribution is 2.29. The van der Waals surface area contributed by atoms with Crippen molar-refractivity contribution in [3.63, 3.8) is 0 Å². The molecule has 2 nitrogen and oxygen atoms in total. The fraction of sp³-hybridized carbons (Fsp3) is 0.143. The largest absolute Gasteiger partial charge is 0.271 e. The smallest absolute Gasteiger partial charge is 0.126 e. The molecule has 3 N–H and O–H groups in total. The summed E-state index contributed by atoms with van der Waals surface area (Å²) in [4.78, 5) is 0. The Morgan fingerprint density at radius 1 is 1.26 bits per heavy atom. The zero-order valence-electron chi connectivity index (χ0n) is 10.3. The van der Waals surface area contributed by atoms with Gasteiger partial charge in [-0.1, -0.05) is 23.7 Å². The molecular weight excluding hydrogens is 378 g/mol. The van der Waals surface area contributed by atoms with Crippen LogP contribution in [-0.2, 0) is 0 Å². The number of aryl methyl sites for hydroxylation is 1.